The lowest BCUT2D eigenvalue weighted by atomic mass is 9.86. The van der Waals surface area contributed by atoms with Crippen LogP contribution in [-0.2, 0) is 12.8 Å². The summed E-state index contributed by atoms with van der Waals surface area (Å²) >= 11 is 0. The SMILES string of the molecule is CCCCCCc1cc(C)cc(-c2c(C)ccc3c(-c4cc(C)cc(CCCCCC)c4)c(C)ccc23)c1. The van der Waals surface area contributed by atoms with Gasteiger partial charge in [0.2, 0.25) is 0 Å². The summed E-state index contributed by atoms with van der Waals surface area (Å²) in [6, 6.07) is 23.9. The van der Waals surface area contributed by atoms with Crippen molar-refractivity contribution in [1.82, 2.24) is 0 Å². The van der Waals surface area contributed by atoms with E-state index in [-0.39, 0.29) is 0 Å². The van der Waals surface area contributed by atoms with Crippen molar-refractivity contribution < 1.29 is 0 Å². The molecule has 0 aliphatic carbocycles. The van der Waals surface area contributed by atoms with E-state index in [4.69, 9.17) is 0 Å². The van der Waals surface area contributed by atoms with E-state index in [1.54, 1.807) is 0 Å². The number of unbranched alkanes of at least 4 members (excludes halogenated alkanes) is 6. The summed E-state index contributed by atoms with van der Waals surface area (Å²) < 4.78 is 0. The predicted molar refractivity (Wildman–Crippen MR) is 169 cm³/mol. The largest absolute Gasteiger partial charge is 0.0654 e. The maximum Gasteiger partial charge on any atom is -0.00757 e. The van der Waals surface area contributed by atoms with Crippen molar-refractivity contribution in [3.05, 3.63) is 94.0 Å². The normalized spacial score (nSPS) is 11.4. The third-order valence-electron chi connectivity index (χ3n) is 8.11. The Morgan fingerprint density at radius 2 is 0.868 bits per heavy atom. The van der Waals surface area contributed by atoms with Gasteiger partial charge in [0, 0.05) is 0 Å². The molecule has 0 spiro atoms. The first-order valence-electron chi connectivity index (χ1n) is 15.2. The lowest BCUT2D eigenvalue weighted by Gasteiger charge is -2.18. The van der Waals surface area contributed by atoms with Gasteiger partial charge in [-0.3, -0.25) is 0 Å². The van der Waals surface area contributed by atoms with Gasteiger partial charge in [-0.25, -0.2) is 0 Å². The Bertz CT molecular complexity index is 1260. The highest BCUT2D eigenvalue weighted by Gasteiger charge is 2.15. The molecule has 0 aromatic heterocycles. The molecular weight excluding hydrogens is 456 g/mol. The van der Waals surface area contributed by atoms with Crippen LogP contribution in [0.25, 0.3) is 33.0 Å². The topological polar surface area (TPSA) is 0 Å². The zero-order valence-corrected chi connectivity index (χ0v) is 24.8. The summed E-state index contributed by atoms with van der Waals surface area (Å²) in [5.74, 6) is 0. The Labute approximate surface area is 232 Å². The van der Waals surface area contributed by atoms with Crippen molar-refractivity contribution in [2.24, 2.45) is 0 Å². The molecule has 0 bridgehead atoms. The summed E-state index contributed by atoms with van der Waals surface area (Å²) in [5, 5.41) is 2.75. The van der Waals surface area contributed by atoms with Crippen molar-refractivity contribution in [3.63, 3.8) is 0 Å². The van der Waals surface area contributed by atoms with Gasteiger partial charge >= 0.3 is 0 Å². The fourth-order valence-electron chi connectivity index (χ4n) is 6.20. The molecule has 0 saturated heterocycles. The maximum absolute atomic E-state index is 2.46. The van der Waals surface area contributed by atoms with Crippen molar-refractivity contribution in [3.8, 4) is 22.3 Å². The smallest absolute Gasteiger partial charge is 0.00757 e. The van der Waals surface area contributed by atoms with Gasteiger partial charge in [-0.2, -0.15) is 0 Å². The molecule has 4 aromatic rings. The summed E-state index contributed by atoms with van der Waals surface area (Å²) in [7, 11) is 0. The van der Waals surface area contributed by atoms with Gasteiger partial charge in [-0.15, -0.1) is 0 Å². The first-order valence-corrected chi connectivity index (χ1v) is 15.2. The number of hydrogen-bond acceptors (Lipinski definition) is 0. The molecule has 200 valence electrons. The molecule has 0 aliphatic rings. The summed E-state index contributed by atoms with van der Waals surface area (Å²) in [6.07, 6.45) is 12.8. The molecule has 0 radical (unpaired) electrons. The Morgan fingerprint density at radius 1 is 0.447 bits per heavy atom. The summed E-state index contributed by atoms with van der Waals surface area (Å²) in [4.78, 5) is 0. The first kappa shape index (κ1) is 28.2. The third-order valence-corrected chi connectivity index (χ3v) is 8.11. The van der Waals surface area contributed by atoms with Gasteiger partial charge in [0.25, 0.3) is 0 Å². The van der Waals surface area contributed by atoms with Gasteiger partial charge < -0.3 is 0 Å². The second-order valence-corrected chi connectivity index (χ2v) is 11.6. The van der Waals surface area contributed by atoms with E-state index in [1.807, 2.05) is 0 Å². The van der Waals surface area contributed by atoms with Crippen LogP contribution in [-0.4, -0.2) is 0 Å². The quantitative estimate of drug-likeness (QED) is 0.168. The monoisotopic (exact) mass is 504 g/mol. The molecule has 0 amide bonds. The minimum absolute atomic E-state index is 1.17. The standard InChI is InChI=1S/C38H48/c1-7-9-11-13-15-31-21-27(3)23-33(25-31)37-29(5)17-20-36-35(37)19-18-30(6)38(36)34-24-28(4)22-32(26-34)16-14-12-10-8-2/h17-26H,7-16H2,1-6H3. The molecule has 0 heteroatoms. The molecule has 4 aromatic carbocycles. The van der Waals surface area contributed by atoms with Gasteiger partial charge in [0.1, 0.15) is 0 Å². The molecular formula is C38H48. The maximum atomic E-state index is 2.46. The van der Waals surface area contributed by atoms with E-state index in [2.05, 4.69) is 102 Å². The van der Waals surface area contributed by atoms with Crippen molar-refractivity contribution in [1.29, 1.82) is 0 Å². The van der Waals surface area contributed by atoms with Crippen LogP contribution in [0.15, 0.2) is 60.7 Å². The Morgan fingerprint density at radius 3 is 1.26 bits per heavy atom. The fourth-order valence-corrected chi connectivity index (χ4v) is 6.20. The van der Waals surface area contributed by atoms with Crippen LogP contribution in [0.4, 0.5) is 0 Å². The van der Waals surface area contributed by atoms with Gasteiger partial charge in [0.15, 0.2) is 0 Å². The van der Waals surface area contributed by atoms with E-state index in [0.717, 1.165) is 0 Å². The molecule has 0 nitrogen and oxygen atoms in total. The number of aryl methyl sites for hydroxylation is 6. The van der Waals surface area contributed by atoms with E-state index in [1.165, 1.54) is 131 Å². The second kappa shape index (κ2) is 13.3. The van der Waals surface area contributed by atoms with E-state index >= 15 is 0 Å². The highest BCUT2D eigenvalue weighted by atomic mass is 14.2. The minimum atomic E-state index is 1.17. The van der Waals surface area contributed by atoms with Gasteiger partial charge in [-0.05, 0) is 109 Å². The van der Waals surface area contributed by atoms with Crippen molar-refractivity contribution >= 4 is 10.8 Å². The number of benzene rings is 4. The average Bonchev–Trinajstić information content (AvgIpc) is 2.88. The zero-order chi connectivity index (χ0) is 27.1. The number of fused-ring (bicyclic) bond motifs is 1. The zero-order valence-electron chi connectivity index (χ0n) is 24.8. The van der Waals surface area contributed by atoms with Crippen molar-refractivity contribution in [2.75, 3.05) is 0 Å². The molecule has 0 saturated carbocycles. The van der Waals surface area contributed by atoms with Crippen molar-refractivity contribution in [2.45, 2.75) is 106 Å². The van der Waals surface area contributed by atoms with Crippen LogP contribution in [0.1, 0.15) is 98.6 Å². The highest BCUT2D eigenvalue weighted by Crippen LogP contribution is 2.40. The van der Waals surface area contributed by atoms with Crippen LogP contribution in [0.5, 0.6) is 0 Å². The molecule has 4 rings (SSSR count). The predicted octanol–water partition coefficient (Wildman–Crippen LogP) is 11.7. The lowest BCUT2D eigenvalue weighted by molar-refractivity contribution is 0.667. The molecule has 0 N–H and O–H groups in total. The van der Waals surface area contributed by atoms with E-state index in [9.17, 15) is 0 Å². The Balaban J connectivity index is 1.78. The third kappa shape index (κ3) is 6.76. The highest BCUT2D eigenvalue weighted by molar-refractivity contribution is 6.06. The van der Waals surface area contributed by atoms with Gasteiger partial charge in [-0.1, -0.05) is 124 Å². The Kier molecular flexibility index (Phi) is 9.84. The molecule has 38 heavy (non-hydrogen) atoms. The number of rotatable bonds is 12. The van der Waals surface area contributed by atoms with Gasteiger partial charge in [0.05, 0.1) is 0 Å². The molecule has 0 fully saturated rings. The second-order valence-electron chi connectivity index (χ2n) is 11.6. The van der Waals surface area contributed by atoms with E-state index in [0.29, 0.717) is 0 Å². The van der Waals surface area contributed by atoms with Crippen LogP contribution < -0.4 is 0 Å². The van der Waals surface area contributed by atoms with E-state index < -0.39 is 0 Å². The molecule has 0 aliphatic heterocycles. The molecule has 0 heterocycles. The Hall–Kier alpha value is -2.86. The summed E-state index contributed by atoms with van der Waals surface area (Å²) in [5.41, 5.74) is 13.9. The average molecular weight is 505 g/mol. The molecule has 0 unspecified atom stereocenters. The number of hydrogen-bond donors (Lipinski definition) is 0. The van der Waals surface area contributed by atoms with Crippen LogP contribution in [0, 0.1) is 27.7 Å². The first-order chi connectivity index (χ1) is 18.4. The fraction of sp³-hybridized carbons (Fsp3) is 0.421. The molecule has 0 atom stereocenters. The van der Waals surface area contributed by atoms with Crippen LogP contribution in [0.2, 0.25) is 0 Å². The lowest BCUT2D eigenvalue weighted by Crippen LogP contribution is -1.95. The van der Waals surface area contributed by atoms with Crippen LogP contribution in [0.3, 0.4) is 0 Å². The minimum Gasteiger partial charge on any atom is -0.0654 e. The summed E-state index contributed by atoms with van der Waals surface area (Å²) in [6.45, 7) is 13.6. The van der Waals surface area contributed by atoms with Crippen LogP contribution >= 0.6 is 0 Å².